The number of ether oxygens (including phenoxy) is 1. The molecule has 1 aromatic heterocycles. The number of hydrogen-bond acceptors (Lipinski definition) is 3. The quantitative estimate of drug-likeness (QED) is 0.555. The summed E-state index contributed by atoms with van der Waals surface area (Å²) >= 11 is 0. The van der Waals surface area contributed by atoms with E-state index in [1.165, 1.54) is 0 Å². The fourth-order valence-electron chi connectivity index (χ4n) is 2.52. The number of aliphatic imine (C=N–C) groups is 1. The normalized spacial score (nSPS) is 11.4. The van der Waals surface area contributed by atoms with Gasteiger partial charge in [0, 0.05) is 18.8 Å². The van der Waals surface area contributed by atoms with Crippen LogP contribution in [-0.4, -0.2) is 22.8 Å². The predicted molar refractivity (Wildman–Crippen MR) is 101 cm³/mol. The molecule has 128 valence electrons. The van der Waals surface area contributed by atoms with Crippen LogP contribution in [0.25, 0.3) is 11.1 Å². The fraction of sp³-hybridized carbons (Fsp3) is 0.158. The van der Waals surface area contributed by atoms with Crippen molar-refractivity contribution in [3.63, 3.8) is 0 Å². The third-order valence-corrected chi connectivity index (χ3v) is 3.77. The Balaban J connectivity index is 1.71. The summed E-state index contributed by atoms with van der Waals surface area (Å²) in [5.74, 6) is 1.07. The Morgan fingerprint density at radius 3 is 2.80 bits per heavy atom. The van der Waals surface area contributed by atoms with Crippen molar-refractivity contribution >= 4 is 11.6 Å². The summed E-state index contributed by atoms with van der Waals surface area (Å²) in [6.45, 7) is 0.488. The first-order chi connectivity index (χ1) is 12.2. The summed E-state index contributed by atoms with van der Waals surface area (Å²) < 4.78 is 7.08. The SMILES string of the molecule is COc1ccccc1NC(N)=NCc1cccc(-c2cnn(C)c2)c1. The largest absolute Gasteiger partial charge is 0.495 e. The number of rotatable bonds is 5. The van der Waals surface area contributed by atoms with Crippen LogP contribution in [0.15, 0.2) is 65.9 Å². The van der Waals surface area contributed by atoms with Crippen LogP contribution >= 0.6 is 0 Å². The van der Waals surface area contributed by atoms with Crippen LogP contribution in [0, 0.1) is 0 Å². The molecule has 3 N–H and O–H groups in total. The molecule has 6 nitrogen and oxygen atoms in total. The molecule has 1 heterocycles. The number of aromatic nitrogens is 2. The molecule has 0 spiro atoms. The van der Waals surface area contributed by atoms with Gasteiger partial charge >= 0.3 is 0 Å². The topological polar surface area (TPSA) is 77.5 Å². The zero-order chi connectivity index (χ0) is 17.6. The molecule has 0 fully saturated rings. The van der Waals surface area contributed by atoms with E-state index in [1.54, 1.807) is 11.8 Å². The van der Waals surface area contributed by atoms with Crippen molar-refractivity contribution in [2.24, 2.45) is 17.8 Å². The second-order valence-electron chi connectivity index (χ2n) is 5.63. The molecule has 0 aliphatic carbocycles. The Morgan fingerprint density at radius 1 is 1.20 bits per heavy atom. The van der Waals surface area contributed by atoms with E-state index in [4.69, 9.17) is 10.5 Å². The summed E-state index contributed by atoms with van der Waals surface area (Å²) in [6, 6.07) is 15.8. The number of aryl methyl sites for hydroxylation is 1. The molecule has 3 rings (SSSR count). The van der Waals surface area contributed by atoms with E-state index >= 15 is 0 Å². The van der Waals surface area contributed by atoms with Crippen LogP contribution in [-0.2, 0) is 13.6 Å². The number of nitrogens with zero attached hydrogens (tertiary/aromatic N) is 3. The van der Waals surface area contributed by atoms with Crippen LogP contribution < -0.4 is 15.8 Å². The van der Waals surface area contributed by atoms with Crippen LogP contribution in [0.2, 0.25) is 0 Å². The van der Waals surface area contributed by atoms with E-state index in [1.807, 2.05) is 55.8 Å². The second kappa shape index (κ2) is 7.53. The van der Waals surface area contributed by atoms with Crippen LogP contribution in [0.4, 0.5) is 5.69 Å². The number of benzene rings is 2. The molecule has 0 radical (unpaired) electrons. The minimum Gasteiger partial charge on any atom is -0.495 e. The molecule has 0 saturated carbocycles. The van der Waals surface area contributed by atoms with E-state index < -0.39 is 0 Å². The van der Waals surface area contributed by atoms with Crippen molar-refractivity contribution in [3.05, 3.63) is 66.5 Å². The predicted octanol–water partition coefficient (Wildman–Crippen LogP) is 3.02. The smallest absolute Gasteiger partial charge is 0.193 e. The molecular formula is C19H21N5O. The minimum atomic E-state index is 0.344. The van der Waals surface area contributed by atoms with Crippen LogP contribution in [0.5, 0.6) is 5.75 Å². The van der Waals surface area contributed by atoms with Gasteiger partial charge in [0.2, 0.25) is 0 Å². The van der Waals surface area contributed by atoms with E-state index in [2.05, 4.69) is 27.5 Å². The molecule has 0 bridgehead atoms. The highest BCUT2D eigenvalue weighted by atomic mass is 16.5. The second-order valence-corrected chi connectivity index (χ2v) is 5.63. The van der Waals surface area contributed by atoms with Crippen molar-refractivity contribution in [3.8, 4) is 16.9 Å². The molecule has 0 unspecified atom stereocenters. The molecule has 6 heteroatoms. The van der Waals surface area contributed by atoms with E-state index in [0.717, 1.165) is 28.1 Å². The lowest BCUT2D eigenvalue weighted by molar-refractivity contribution is 0.417. The van der Waals surface area contributed by atoms with Crippen molar-refractivity contribution in [1.82, 2.24) is 9.78 Å². The van der Waals surface area contributed by atoms with Crippen LogP contribution in [0.3, 0.4) is 0 Å². The molecule has 2 aromatic carbocycles. The highest BCUT2D eigenvalue weighted by Gasteiger charge is 2.04. The lowest BCUT2D eigenvalue weighted by Crippen LogP contribution is -2.22. The molecular weight excluding hydrogens is 314 g/mol. The average Bonchev–Trinajstić information content (AvgIpc) is 3.07. The van der Waals surface area contributed by atoms with Gasteiger partial charge in [0.05, 0.1) is 25.5 Å². The summed E-state index contributed by atoms with van der Waals surface area (Å²) in [7, 11) is 3.53. The lowest BCUT2D eigenvalue weighted by atomic mass is 10.1. The van der Waals surface area contributed by atoms with Crippen molar-refractivity contribution < 1.29 is 4.74 Å². The van der Waals surface area contributed by atoms with Gasteiger partial charge < -0.3 is 15.8 Å². The van der Waals surface area contributed by atoms with E-state index in [0.29, 0.717) is 12.5 Å². The number of methoxy groups -OCH3 is 1. The number of hydrogen-bond donors (Lipinski definition) is 2. The first kappa shape index (κ1) is 16.6. The summed E-state index contributed by atoms with van der Waals surface area (Å²) in [5.41, 5.74) is 10.0. The summed E-state index contributed by atoms with van der Waals surface area (Å²) in [4.78, 5) is 4.41. The van der Waals surface area contributed by atoms with E-state index in [9.17, 15) is 0 Å². The lowest BCUT2D eigenvalue weighted by Gasteiger charge is -2.10. The third-order valence-electron chi connectivity index (χ3n) is 3.77. The van der Waals surface area contributed by atoms with Gasteiger partial charge in [-0.05, 0) is 29.3 Å². The maximum absolute atomic E-state index is 6.00. The Labute approximate surface area is 147 Å². The Morgan fingerprint density at radius 2 is 2.04 bits per heavy atom. The van der Waals surface area contributed by atoms with E-state index in [-0.39, 0.29) is 0 Å². The molecule has 0 aliphatic rings. The highest BCUT2D eigenvalue weighted by Crippen LogP contribution is 2.23. The van der Waals surface area contributed by atoms with Gasteiger partial charge in [0.15, 0.2) is 5.96 Å². The summed E-state index contributed by atoms with van der Waals surface area (Å²) in [6.07, 6.45) is 3.83. The van der Waals surface area contributed by atoms with Gasteiger partial charge in [-0.3, -0.25) is 4.68 Å². The monoisotopic (exact) mass is 335 g/mol. The molecule has 25 heavy (non-hydrogen) atoms. The average molecular weight is 335 g/mol. The zero-order valence-electron chi connectivity index (χ0n) is 14.3. The number of guanidine groups is 1. The standard InChI is InChI=1S/C19H21N5O/c1-24-13-16(12-22-24)15-7-5-6-14(10-15)11-21-19(20)23-17-8-3-4-9-18(17)25-2/h3-10,12-13H,11H2,1-2H3,(H3,20,21,23). The minimum absolute atomic E-state index is 0.344. The van der Waals surface area contributed by atoms with Gasteiger partial charge in [-0.2, -0.15) is 5.10 Å². The number of nitrogens with two attached hydrogens (primary N) is 1. The maximum atomic E-state index is 6.00. The third kappa shape index (κ3) is 4.17. The van der Waals surface area contributed by atoms with Crippen molar-refractivity contribution in [1.29, 1.82) is 0 Å². The first-order valence-electron chi connectivity index (χ1n) is 7.93. The van der Waals surface area contributed by atoms with Gasteiger partial charge in [-0.25, -0.2) is 4.99 Å². The first-order valence-corrected chi connectivity index (χ1v) is 7.93. The molecule has 0 saturated heterocycles. The highest BCUT2D eigenvalue weighted by molar-refractivity contribution is 5.93. The van der Waals surface area contributed by atoms with Crippen LogP contribution in [0.1, 0.15) is 5.56 Å². The molecule has 0 amide bonds. The Kier molecular flexibility index (Phi) is 4.99. The summed E-state index contributed by atoms with van der Waals surface area (Å²) in [5, 5.41) is 7.28. The van der Waals surface area contributed by atoms with Gasteiger partial charge in [0.25, 0.3) is 0 Å². The zero-order valence-corrected chi connectivity index (χ0v) is 14.3. The molecule has 3 aromatic rings. The Bertz CT molecular complexity index is 885. The Hall–Kier alpha value is -3.28. The van der Waals surface area contributed by atoms with Gasteiger partial charge in [0.1, 0.15) is 5.75 Å². The van der Waals surface area contributed by atoms with Crippen molar-refractivity contribution in [2.45, 2.75) is 6.54 Å². The maximum Gasteiger partial charge on any atom is 0.193 e. The molecule has 0 aliphatic heterocycles. The number of anilines is 1. The van der Waals surface area contributed by atoms with Gasteiger partial charge in [-0.1, -0.05) is 30.3 Å². The number of para-hydroxylation sites is 2. The molecule has 0 atom stereocenters. The van der Waals surface area contributed by atoms with Crippen molar-refractivity contribution in [2.75, 3.05) is 12.4 Å². The number of nitrogens with one attached hydrogen (secondary N) is 1. The fourth-order valence-corrected chi connectivity index (χ4v) is 2.52. The van der Waals surface area contributed by atoms with Gasteiger partial charge in [-0.15, -0.1) is 0 Å².